The van der Waals surface area contributed by atoms with E-state index >= 15 is 0 Å². The number of benzene rings is 2. The zero-order valence-electron chi connectivity index (χ0n) is 14.6. The molecular formula is C18H17Cl2F2N3OS. The lowest BCUT2D eigenvalue weighted by atomic mass is 10.1. The highest BCUT2D eigenvalue weighted by atomic mass is 35.5. The first-order valence-electron chi connectivity index (χ1n) is 7.83. The Kier molecular flexibility index (Phi) is 7.11. The average Bonchev–Trinajstić information content (AvgIpc) is 2.97. The number of fused-ring (bicyclic) bond motifs is 1. The van der Waals surface area contributed by atoms with Crippen molar-refractivity contribution in [2.24, 2.45) is 0 Å². The fourth-order valence-corrected chi connectivity index (χ4v) is 3.69. The van der Waals surface area contributed by atoms with Gasteiger partial charge in [0, 0.05) is 18.1 Å². The van der Waals surface area contributed by atoms with Crippen molar-refractivity contribution < 1.29 is 13.6 Å². The summed E-state index contributed by atoms with van der Waals surface area (Å²) in [5.41, 5.74) is 0.0922. The molecule has 0 saturated carbocycles. The summed E-state index contributed by atoms with van der Waals surface area (Å²) in [5.74, 6) is -2.55. The molecule has 0 aliphatic carbocycles. The molecule has 4 nitrogen and oxygen atoms in total. The van der Waals surface area contributed by atoms with Gasteiger partial charge in [0.25, 0.3) is 5.91 Å². The van der Waals surface area contributed by atoms with Crippen molar-refractivity contribution in [1.29, 1.82) is 0 Å². The highest BCUT2D eigenvalue weighted by molar-refractivity contribution is 7.22. The Labute approximate surface area is 170 Å². The smallest absolute Gasteiger partial charge is 0.266 e. The number of anilines is 1. The summed E-state index contributed by atoms with van der Waals surface area (Å²) in [6.07, 6.45) is 0. The van der Waals surface area contributed by atoms with Crippen LogP contribution in [0.15, 0.2) is 36.4 Å². The first-order valence-corrected chi connectivity index (χ1v) is 9.03. The van der Waals surface area contributed by atoms with Crippen LogP contribution in [0.2, 0.25) is 5.02 Å². The topological polar surface area (TPSA) is 36.4 Å². The molecule has 0 spiro atoms. The van der Waals surface area contributed by atoms with E-state index in [1.807, 2.05) is 19.0 Å². The van der Waals surface area contributed by atoms with Crippen molar-refractivity contribution in [2.75, 3.05) is 32.1 Å². The zero-order chi connectivity index (χ0) is 18.8. The highest BCUT2D eigenvalue weighted by Crippen LogP contribution is 2.32. The van der Waals surface area contributed by atoms with Crippen LogP contribution in [-0.2, 0) is 0 Å². The van der Waals surface area contributed by atoms with Gasteiger partial charge < -0.3 is 4.90 Å². The maximum atomic E-state index is 14.1. The van der Waals surface area contributed by atoms with Gasteiger partial charge in [-0.15, -0.1) is 12.4 Å². The maximum absolute atomic E-state index is 14.1. The maximum Gasteiger partial charge on any atom is 0.266 e. The number of nitrogens with zero attached hydrogens (tertiary/aromatic N) is 3. The molecule has 3 rings (SSSR count). The van der Waals surface area contributed by atoms with Crippen molar-refractivity contribution in [3.8, 4) is 0 Å². The Morgan fingerprint density at radius 2 is 1.81 bits per heavy atom. The Morgan fingerprint density at radius 3 is 2.44 bits per heavy atom. The molecule has 9 heteroatoms. The van der Waals surface area contributed by atoms with Crippen LogP contribution in [0.5, 0.6) is 0 Å². The second-order valence-electron chi connectivity index (χ2n) is 5.97. The van der Waals surface area contributed by atoms with E-state index in [1.165, 1.54) is 22.3 Å². The van der Waals surface area contributed by atoms with E-state index in [-0.39, 0.29) is 19.0 Å². The van der Waals surface area contributed by atoms with Crippen LogP contribution in [0.1, 0.15) is 10.4 Å². The number of thiazole rings is 1. The van der Waals surface area contributed by atoms with Crippen LogP contribution in [-0.4, -0.2) is 43.0 Å². The molecule has 27 heavy (non-hydrogen) atoms. The van der Waals surface area contributed by atoms with Gasteiger partial charge in [0.1, 0.15) is 17.2 Å². The van der Waals surface area contributed by atoms with Crippen LogP contribution in [0.3, 0.4) is 0 Å². The molecule has 1 amide bonds. The molecule has 0 saturated heterocycles. The van der Waals surface area contributed by atoms with Gasteiger partial charge in [-0.2, -0.15) is 0 Å². The van der Waals surface area contributed by atoms with Crippen molar-refractivity contribution >= 4 is 56.6 Å². The first kappa shape index (κ1) is 21.5. The third-order valence-electron chi connectivity index (χ3n) is 3.76. The number of hydrogen-bond acceptors (Lipinski definition) is 4. The van der Waals surface area contributed by atoms with Crippen LogP contribution in [0, 0.1) is 11.6 Å². The predicted molar refractivity (Wildman–Crippen MR) is 108 cm³/mol. The van der Waals surface area contributed by atoms with Gasteiger partial charge in [-0.1, -0.05) is 29.0 Å². The molecule has 0 aliphatic rings. The highest BCUT2D eigenvalue weighted by Gasteiger charge is 2.26. The van der Waals surface area contributed by atoms with Crippen molar-refractivity contribution in [1.82, 2.24) is 9.88 Å². The lowest BCUT2D eigenvalue weighted by Crippen LogP contribution is -2.37. The van der Waals surface area contributed by atoms with Crippen molar-refractivity contribution in [2.45, 2.75) is 0 Å². The van der Waals surface area contributed by atoms with Crippen molar-refractivity contribution in [3.63, 3.8) is 0 Å². The van der Waals surface area contributed by atoms with E-state index in [0.717, 1.165) is 16.8 Å². The summed E-state index contributed by atoms with van der Waals surface area (Å²) < 4.78 is 29.0. The second-order valence-corrected chi connectivity index (χ2v) is 7.41. The third kappa shape index (κ3) is 4.73. The molecule has 1 aromatic heterocycles. The van der Waals surface area contributed by atoms with Crippen LogP contribution >= 0.6 is 35.3 Å². The monoisotopic (exact) mass is 431 g/mol. The molecule has 0 bridgehead atoms. The van der Waals surface area contributed by atoms with Crippen molar-refractivity contribution in [3.05, 3.63) is 58.6 Å². The molecule has 0 fully saturated rings. The third-order valence-corrected chi connectivity index (χ3v) is 5.04. The second kappa shape index (κ2) is 8.93. The predicted octanol–water partition coefficient (Wildman–Crippen LogP) is 4.86. The molecule has 1 heterocycles. The molecule has 2 aromatic carbocycles. The molecular weight excluding hydrogens is 415 g/mol. The summed E-state index contributed by atoms with van der Waals surface area (Å²) >= 11 is 7.25. The fourth-order valence-electron chi connectivity index (χ4n) is 2.42. The standard InChI is InChI=1S/C18H16ClF2N3OS.ClH/c1-23(2)8-9-24(17(25)16-12(20)4-3-5-13(16)21)18-22-14-7-6-11(19)10-15(14)26-18;/h3-7,10H,8-9H2,1-2H3;1H. The number of carbonyl (C=O) groups excluding carboxylic acids is 1. The summed E-state index contributed by atoms with van der Waals surface area (Å²) in [6.45, 7) is 0.756. The van der Waals surface area contributed by atoms with Gasteiger partial charge >= 0.3 is 0 Å². The summed E-state index contributed by atoms with van der Waals surface area (Å²) in [4.78, 5) is 20.5. The van der Waals surface area contributed by atoms with Gasteiger partial charge in [-0.25, -0.2) is 13.8 Å². The van der Waals surface area contributed by atoms with E-state index in [1.54, 1.807) is 18.2 Å². The van der Waals surface area contributed by atoms with Gasteiger partial charge in [-0.05, 0) is 44.4 Å². The van der Waals surface area contributed by atoms with Crippen LogP contribution in [0.4, 0.5) is 13.9 Å². The SMILES string of the molecule is CN(C)CCN(C(=O)c1c(F)cccc1F)c1nc2ccc(Cl)cc2s1.Cl. The van der Waals surface area contributed by atoms with Gasteiger partial charge in [0.15, 0.2) is 5.13 Å². The van der Waals surface area contributed by atoms with E-state index in [9.17, 15) is 13.6 Å². The number of likely N-dealkylation sites (N-methyl/N-ethyl adjacent to an activating group) is 1. The largest absolute Gasteiger partial charge is 0.308 e. The fraction of sp³-hybridized carbons (Fsp3) is 0.222. The molecule has 3 aromatic rings. The molecule has 0 radical (unpaired) electrons. The summed E-state index contributed by atoms with van der Waals surface area (Å²) in [6, 6.07) is 8.56. The van der Waals surface area contributed by atoms with E-state index in [0.29, 0.717) is 22.2 Å². The van der Waals surface area contributed by atoms with Crippen LogP contribution in [0.25, 0.3) is 10.2 Å². The number of aromatic nitrogens is 1. The Bertz CT molecular complexity index is 945. The Morgan fingerprint density at radius 1 is 1.15 bits per heavy atom. The minimum absolute atomic E-state index is 0. The summed E-state index contributed by atoms with van der Waals surface area (Å²) in [5, 5.41) is 0.927. The van der Waals surface area contributed by atoms with Gasteiger partial charge in [0.2, 0.25) is 0 Å². The Hall–Kier alpha value is -1.80. The van der Waals surface area contributed by atoms with E-state index in [2.05, 4.69) is 4.98 Å². The first-order chi connectivity index (χ1) is 12.4. The molecule has 0 atom stereocenters. The molecule has 0 unspecified atom stereocenters. The lowest BCUT2D eigenvalue weighted by molar-refractivity contribution is 0.0977. The van der Waals surface area contributed by atoms with Gasteiger partial charge in [-0.3, -0.25) is 9.69 Å². The lowest BCUT2D eigenvalue weighted by Gasteiger charge is -2.22. The minimum Gasteiger partial charge on any atom is -0.308 e. The van der Waals surface area contributed by atoms with E-state index in [4.69, 9.17) is 11.6 Å². The number of carbonyl (C=O) groups is 1. The summed E-state index contributed by atoms with van der Waals surface area (Å²) in [7, 11) is 3.70. The zero-order valence-corrected chi connectivity index (χ0v) is 17.0. The molecule has 0 aliphatic heterocycles. The molecule has 0 N–H and O–H groups in total. The average molecular weight is 432 g/mol. The number of hydrogen-bond donors (Lipinski definition) is 0. The Balaban J connectivity index is 0.00000261. The van der Waals surface area contributed by atoms with Crippen LogP contribution < -0.4 is 4.90 Å². The minimum atomic E-state index is -0.894. The van der Waals surface area contributed by atoms with Gasteiger partial charge in [0.05, 0.1) is 10.2 Å². The number of rotatable bonds is 5. The number of amides is 1. The number of halogens is 4. The quantitative estimate of drug-likeness (QED) is 0.578. The van der Waals surface area contributed by atoms with E-state index < -0.39 is 23.1 Å². The molecule has 144 valence electrons. The normalized spacial score (nSPS) is 10.9.